The van der Waals surface area contributed by atoms with Crippen molar-refractivity contribution < 1.29 is 42.5 Å². The first-order valence-electron chi connectivity index (χ1n) is 30.3. The Morgan fingerprint density at radius 2 is 0.740 bits per heavy atom. The Labute approximate surface area is 335 Å². The summed E-state index contributed by atoms with van der Waals surface area (Å²) in [7, 11) is 0. The molecule has 0 aliphatic rings. The highest BCUT2D eigenvalue weighted by atomic mass is 14.2. The molecule has 50 heavy (non-hydrogen) atoms. The Kier molecular flexibility index (Phi) is 2.61. The minimum Gasteiger partial charge on any atom is -0.0616 e. The third-order valence-electron chi connectivity index (χ3n) is 8.01. The normalized spacial score (nSPS) is 20.3. The smallest absolute Gasteiger partial charge is 0.0616 e. The molecule has 0 saturated carbocycles. The monoisotopic (exact) mass is 663 g/mol. The van der Waals surface area contributed by atoms with Gasteiger partial charge >= 0.3 is 0 Å². The predicted molar refractivity (Wildman–Crippen MR) is 216 cm³/mol. The number of rotatable bonds is 4. The van der Waals surface area contributed by atoms with E-state index in [1.54, 1.807) is 0 Å². The van der Waals surface area contributed by atoms with Crippen LogP contribution < -0.4 is 0 Å². The third kappa shape index (κ3) is 4.69. The van der Waals surface area contributed by atoms with Gasteiger partial charge in [0.15, 0.2) is 0 Å². The number of fused-ring (bicyclic) bond motifs is 5. The first kappa shape index (κ1) is 11.3. The number of hydrogen-bond acceptors (Lipinski definition) is 0. The summed E-state index contributed by atoms with van der Waals surface area (Å²) >= 11 is 0. The van der Waals surface area contributed by atoms with Crippen LogP contribution in [0.5, 0.6) is 0 Å². The maximum Gasteiger partial charge on any atom is 0.0636 e. The second-order valence-corrected chi connectivity index (χ2v) is 10.8. The summed E-state index contributed by atoms with van der Waals surface area (Å²) in [5.41, 5.74) is -6.42. The second-order valence-electron chi connectivity index (χ2n) is 10.8. The molecule has 232 valence electrons. The lowest BCUT2D eigenvalue weighted by atomic mass is 9.83. The van der Waals surface area contributed by atoms with E-state index in [0.717, 1.165) is 6.07 Å². The third-order valence-corrected chi connectivity index (χ3v) is 8.01. The largest absolute Gasteiger partial charge is 0.0636 e. The molecule has 0 saturated heterocycles. The summed E-state index contributed by atoms with van der Waals surface area (Å²) in [6.07, 6.45) is 0. The van der Waals surface area contributed by atoms with Gasteiger partial charge in [0, 0.05) is 0 Å². The van der Waals surface area contributed by atoms with E-state index in [1.165, 1.54) is 0 Å². The standard InChI is InChI=1S/C50H32/c1-3-13-38-30-40(26-22-33(38)10-1)35-20-24-37(25-21-35)49-45-17-7-8-18-46(45)50(44-19-9-15-36-12-5-6-16-43(36)44)47-29-28-42(32-48(47)49)41-27-23-34-11-2-4-14-39(34)31-41/h1-32H/i1D,2D,3D,4D,5D,6D,7D,8D,9D,10D,11D,12D,13D,14D,15D,16D,17D,18D,19D,20D,21D,22D,23D,24D,25D,26D,27D,29D,30D,31D,32D. The fraction of sp³-hybridized carbons (Fsp3) is 0. The first-order valence-corrected chi connectivity index (χ1v) is 14.8. The van der Waals surface area contributed by atoms with E-state index in [9.17, 15) is 17.8 Å². The summed E-state index contributed by atoms with van der Waals surface area (Å²) in [4.78, 5) is 0. The van der Waals surface area contributed by atoms with Crippen molar-refractivity contribution in [2.45, 2.75) is 0 Å². The van der Waals surface area contributed by atoms with Gasteiger partial charge in [-0.2, -0.15) is 0 Å². The van der Waals surface area contributed by atoms with Gasteiger partial charge in [0.2, 0.25) is 0 Å². The van der Waals surface area contributed by atoms with E-state index in [2.05, 4.69) is 0 Å². The average Bonchev–Trinajstić information content (AvgIpc) is 3.58. The maximum atomic E-state index is 10.2. The molecule has 0 fully saturated rings. The van der Waals surface area contributed by atoms with Crippen LogP contribution in [0.3, 0.4) is 0 Å². The summed E-state index contributed by atoms with van der Waals surface area (Å²) in [5, 5.41) is -6.91. The SMILES string of the molecule is [2H]c1c([2H])c(-c2c3c([2H])c(-c4c([2H])c([2H])c5c([2H])c([2H])c([2H])c([2H])c5c4[2H])cc([2H])c3c(-c3c([2H])c([2H])c([2H])c4c([2H])c([2H])c([2H])c([2H])c34)c3c([2H])c([2H])c([2H])c([2H])c23)c([2H])c([2H])c1-c1c([2H])c([2H])c2c([2H])c([2H])c([2H])c([2H])c2c1[2H]. The van der Waals surface area contributed by atoms with Crippen LogP contribution in [0.25, 0.3) is 98.4 Å². The number of benzene rings is 10. The molecule has 0 atom stereocenters. The van der Waals surface area contributed by atoms with Crippen molar-refractivity contribution in [2.75, 3.05) is 0 Å². The van der Waals surface area contributed by atoms with Gasteiger partial charge in [-0.3, -0.25) is 0 Å². The minimum absolute atomic E-state index is 0.575. The van der Waals surface area contributed by atoms with Crippen molar-refractivity contribution in [3.05, 3.63) is 193 Å². The molecule has 0 radical (unpaired) electrons. The zero-order valence-electron chi connectivity index (χ0n) is 56.1. The Bertz CT molecular complexity index is 4660. The average molecular weight is 664 g/mol. The van der Waals surface area contributed by atoms with Crippen LogP contribution in [0.15, 0.2) is 193 Å². The molecular formula is C50H32. The molecule has 0 aliphatic heterocycles. The molecule has 0 N–H and O–H groups in total. The number of hydrogen-bond donors (Lipinski definition) is 0. The van der Waals surface area contributed by atoms with Crippen molar-refractivity contribution in [2.24, 2.45) is 0 Å². The Morgan fingerprint density at radius 3 is 1.42 bits per heavy atom. The Morgan fingerprint density at radius 1 is 0.260 bits per heavy atom. The minimum atomic E-state index is -1.17. The lowest BCUT2D eigenvalue weighted by Crippen LogP contribution is -1.92. The van der Waals surface area contributed by atoms with Crippen molar-refractivity contribution in [3.63, 3.8) is 0 Å². The van der Waals surface area contributed by atoms with Gasteiger partial charge < -0.3 is 0 Å². The molecular weight excluding hydrogens is 601 g/mol. The Hall–Kier alpha value is -6.50. The molecule has 10 aromatic carbocycles. The molecule has 0 nitrogen and oxygen atoms in total. The lowest BCUT2D eigenvalue weighted by Gasteiger charge is -2.20. The molecule has 0 aromatic heterocycles. The quantitative estimate of drug-likeness (QED) is 0.164. The van der Waals surface area contributed by atoms with Crippen LogP contribution in [0, 0.1) is 0 Å². The molecule has 10 rings (SSSR count). The summed E-state index contributed by atoms with van der Waals surface area (Å²) < 4.78 is 281. The van der Waals surface area contributed by atoms with Gasteiger partial charge in [0.05, 0.1) is 42.5 Å². The zero-order valence-corrected chi connectivity index (χ0v) is 25.1. The lowest BCUT2D eigenvalue weighted by molar-refractivity contribution is 1.62. The molecule has 0 bridgehead atoms. The van der Waals surface area contributed by atoms with E-state index < -0.39 is 286 Å². The molecule has 0 amide bonds. The molecule has 10 aromatic rings. The molecule has 0 heterocycles. The van der Waals surface area contributed by atoms with Gasteiger partial charge in [0.25, 0.3) is 0 Å². The van der Waals surface area contributed by atoms with E-state index in [0.29, 0.717) is 0 Å². The highest BCUT2D eigenvalue weighted by Gasteiger charge is 2.19. The zero-order chi connectivity index (χ0) is 60.0. The highest BCUT2D eigenvalue weighted by Crippen LogP contribution is 2.46. The van der Waals surface area contributed by atoms with Crippen LogP contribution >= 0.6 is 0 Å². The molecule has 0 spiro atoms. The van der Waals surface area contributed by atoms with Crippen LogP contribution in [0.2, 0.25) is 0 Å². The van der Waals surface area contributed by atoms with Gasteiger partial charge in [0.1, 0.15) is 0 Å². The van der Waals surface area contributed by atoms with Gasteiger partial charge in [-0.25, -0.2) is 0 Å². The van der Waals surface area contributed by atoms with E-state index in [-0.39, 0.29) is 0 Å². The summed E-state index contributed by atoms with van der Waals surface area (Å²) in [5.74, 6) is 0. The maximum absolute atomic E-state index is 10.2. The van der Waals surface area contributed by atoms with Crippen molar-refractivity contribution in [1.82, 2.24) is 0 Å². The Balaban J connectivity index is 1.52. The fourth-order valence-corrected chi connectivity index (χ4v) is 5.79. The van der Waals surface area contributed by atoms with Crippen LogP contribution in [0.1, 0.15) is 42.5 Å². The van der Waals surface area contributed by atoms with Gasteiger partial charge in [-0.05, 0) is 116 Å². The van der Waals surface area contributed by atoms with Gasteiger partial charge in [-0.15, -0.1) is 0 Å². The van der Waals surface area contributed by atoms with E-state index in [4.69, 9.17) is 24.7 Å². The van der Waals surface area contributed by atoms with Gasteiger partial charge in [-0.1, -0.05) is 175 Å². The summed E-state index contributed by atoms with van der Waals surface area (Å²) in [6.45, 7) is 0. The van der Waals surface area contributed by atoms with Crippen LogP contribution in [-0.4, -0.2) is 0 Å². The van der Waals surface area contributed by atoms with Crippen LogP contribution in [-0.2, 0) is 0 Å². The second kappa shape index (κ2) is 11.6. The first-order chi connectivity index (χ1) is 37.7. The van der Waals surface area contributed by atoms with Crippen LogP contribution in [0.4, 0.5) is 0 Å². The van der Waals surface area contributed by atoms with Crippen molar-refractivity contribution in [1.29, 1.82) is 0 Å². The predicted octanol–water partition coefficient (Wildman–Crippen LogP) is 14.1. The highest BCUT2D eigenvalue weighted by molar-refractivity contribution is 6.24. The van der Waals surface area contributed by atoms with Crippen molar-refractivity contribution in [3.8, 4) is 44.5 Å². The fourth-order valence-electron chi connectivity index (χ4n) is 5.79. The molecule has 0 aliphatic carbocycles. The van der Waals surface area contributed by atoms with E-state index in [1.807, 2.05) is 0 Å². The van der Waals surface area contributed by atoms with Crippen molar-refractivity contribution >= 4 is 53.9 Å². The van der Waals surface area contributed by atoms with E-state index >= 15 is 0 Å². The molecule has 0 heteroatoms. The molecule has 0 unspecified atom stereocenters. The topological polar surface area (TPSA) is 0 Å². The summed E-state index contributed by atoms with van der Waals surface area (Å²) in [6, 6.07) is -28.7.